The average Bonchev–Trinajstić information content (AvgIpc) is 3.77. The number of fused-ring (bicyclic) bond motifs is 3. The molecule has 11 aromatic rings. The SMILES string of the molecule is C=C/C=C(\C=C)N(c1ccccc1)c1ccc(-c2cc(N(c3ccccc3)c3ccccc3)c(-c3ccc(-n4c5ccccc5c5ccccc54)cc3)cc2N(c2ccccc2)c2ccccc2)cc1. The van der Waals surface area contributed by atoms with Gasteiger partial charge in [-0.15, -0.1) is 0 Å². The van der Waals surface area contributed by atoms with E-state index in [0.717, 1.165) is 79.1 Å². The van der Waals surface area contributed by atoms with Crippen molar-refractivity contribution in [3.05, 3.63) is 298 Å². The van der Waals surface area contributed by atoms with Gasteiger partial charge in [0.1, 0.15) is 0 Å². The summed E-state index contributed by atoms with van der Waals surface area (Å²) >= 11 is 0. The first kappa shape index (κ1) is 43.2. The summed E-state index contributed by atoms with van der Waals surface area (Å²) in [6.45, 7) is 8.21. The minimum atomic E-state index is 0.922. The number of allylic oxidation sites excluding steroid dienone is 3. The van der Waals surface area contributed by atoms with Gasteiger partial charge >= 0.3 is 0 Å². The topological polar surface area (TPSA) is 14.7 Å². The lowest BCUT2D eigenvalue weighted by atomic mass is 9.93. The molecular formula is C66H50N4. The summed E-state index contributed by atoms with van der Waals surface area (Å²) in [6, 6.07) is 93.3. The maximum absolute atomic E-state index is 4.19. The minimum absolute atomic E-state index is 0.922. The van der Waals surface area contributed by atoms with E-state index in [4.69, 9.17) is 0 Å². The zero-order valence-corrected chi connectivity index (χ0v) is 38.8. The fourth-order valence-corrected chi connectivity index (χ4v) is 9.73. The molecule has 0 amide bonds. The van der Waals surface area contributed by atoms with E-state index in [1.54, 1.807) is 0 Å². The lowest BCUT2D eigenvalue weighted by Gasteiger charge is -2.33. The molecule has 4 heteroatoms. The van der Waals surface area contributed by atoms with Crippen molar-refractivity contribution in [3.8, 4) is 27.9 Å². The Kier molecular flexibility index (Phi) is 12.0. The normalized spacial score (nSPS) is 11.3. The van der Waals surface area contributed by atoms with Crippen LogP contribution in [0, 0.1) is 0 Å². The number of nitrogens with zero attached hydrogens (tertiary/aromatic N) is 4. The van der Waals surface area contributed by atoms with Gasteiger partial charge in [-0.05, 0) is 132 Å². The molecule has 0 saturated heterocycles. The van der Waals surface area contributed by atoms with Crippen LogP contribution in [0.3, 0.4) is 0 Å². The number of benzene rings is 10. The molecule has 0 aliphatic carbocycles. The summed E-state index contributed by atoms with van der Waals surface area (Å²) in [7, 11) is 0. The third-order valence-electron chi connectivity index (χ3n) is 12.9. The number of hydrogen-bond acceptors (Lipinski definition) is 3. The summed E-state index contributed by atoms with van der Waals surface area (Å²) in [6.07, 6.45) is 5.67. The largest absolute Gasteiger partial charge is 0.311 e. The monoisotopic (exact) mass is 898 g/mol. The first-order chi connectivity index (χ1) is 34.7. The van der Waals surface area contributed by atoms with Gasteiger partial charge in [0.05, 0.1) is 22.4 Å². The molecule has 0 aliphatic heterocycles. The van der Waals surface area contributed by atoms with Gasteiger partial charge in [-0.3, -0.25) is 0 Å². The second kappa shape index (κ2) is 19.5. The van der Waals surface area contributed by atoms with Crippen LogP contribution in [-0.4, -0.2) is 4.57 Å². The van der Waals surface area contributed by atoms with Crippen LogP contribution < -0.4 is 14.7 Å². The zero-order chi connectivity index (χ0) is 47.2. The van der Waals surface area contributed by atoms with E-state index in [1.165, 1.54) is 21.8 Å². The van der Waals surface area contributed by atoms with E-state index in [0.29, 0.717) is 0 Å². The smallest absolute Gasteiger partial charge is 0.0547 e. The summed E-state index contributed by atoms with van der Waals surface area (Å²) in [4.78, 5) is 6.99. The molecule has 0 radical (unpaired) electrons. The molecule has 0 spiro atoms. The Hall–Kier alpha value is -9.38. The Morgan fingerprint density at radius 1 is 0.357 bits per heavy atom. The average molecular weight is 899 g/mol. The molecule has 0 unspecified atom stereocenters. The van der Waals surface area contributed by atoms with E-state index in [9.17, 15) is 0 Å². The molecule has 70 heavy (non-hydrogen) atoms. The number of rotatable bonds is 14. The van der Waals surface area contributed by atoms with E-state index >= 15 is 0 Å². The van der Waals surface area contributed by atoms with Gasteiger partial charge in [-0.2, -0.15) is 0 Å². The second-order valence-electron chi connectivity index (χ2n) is 17.1. The molecular weight excluding hydrogens is 849 g/mol. The molecule has 0 saturated carbocycles. The van der Waals surface area contributed by atoms with E-state index < -0.39 is 0 Å². The Morgan fingerprint density at radius 3 is 1.09 bits per heavy atom. The highest BCUT2D eigenvalue weighted by molar-refractivity contribution is 6.09. The lowest BCUT2D eigenvalue weighted by Crippen LogP contribution is -2.15. The standard InChI is InChI=1S/C66H50N4/c1-3-24-51(4-2)67(52-25-10-5-11-26-52)57-43-39-49(40-44-57)61-47-66(69(55-31-16-8-17-32-55)56-33-18-9-19-34-56)62(48-65(61)68(53-27-12-6-13-28-53)54-29-14-7-15-30-54)50-41-45-58(46-42-50)70-63-37-22-20-35-59(63)60-36-21-23-38-64(60)70/h3-48H,1-2H2/b51-24+. The molecule has 1 heterocycles. The van der Waals surface area contributed by atoms with Crippen molar-refractivity contribution in [1.29, 1.82) is 0 Å². The van der Waals surface area contributed by atoms with E-state index in [2.05, 4.69) is 287 Å². The van der Waals surface area contributed by atoms with Crippen LogP contribution in [0.1, 0.15) is 0 Å². The van der Waals surface area contributed by atoms with Crippen molar-refractivity contribution in [2.24, 2.45) is 0 Å². The maximum Gasteiger partial charge on any atom is 0.0547 e. The molecule has 11 rings (SSSR count). The zero-order valence-electron chi connectivity index (χ0n) is 38.8. The van der Waals surface area contributed by atoms with Crippen molar-refractivity contribution >= 4 is 67.3 Å². The van der Waals surface area contributed by atoms with Crippen molar-refractivity contribution in [1.82, 2.24) is 4.57 Å². The van der Waals surface area contributed by atoms with Crippen LogP contribution >= 0.6 is 0 Å². The number of para-hydroxylation sites is 7. The van der Waals surface area contributed by atoms with Crippen molar-refractivity contribution in [2.45, 2.75) is 0 Å². The van der Waals surface area contributed by atoms with Gasteiger partial charge in [0.2, 0.25) is 0 Å². The molecule has 0 atom stereocenters. The lowest BCUT2D eigenvalue weighted by molar-refractivity contribution is 1.18. The number of hydrogen-bond donors (Lipinski definition) is 0. The van der Waals surface area contributed by atoms with Crippen molar-refractivity contribution in [2.75, 3.05) is 14.7 Å². The highest BCUT2D eigenvalue weighted by Crippen LogP contribution is 2.50. The van der Waals surface area contributed by atoms with Gasteiger partial charge in [0, 0.05) is 67.4 Å². The second-order valence-corrected chi connectivity index (χ2v) is 17.1. The Balaban J connectivity index is 1.18. The van der Waals surface area contributed by atoms with E-state index in [-0.39, 0.29) is 0 Å². The predicted molar refractivity (Wildman–Crippen MR) is 298 cm³/mol. The van der Waals surface area contributed by atoms with Gasteiger partial charge < -0.3 is 19.3 Å². The van der Waals surface area contributed by atoms with Crippen molar-refractivity contribution < 1.29 is 0 Å². The first-order valence-corrected chi connectivity index (χ1v) is 23.7. The summed E-state index contributed by atoms with van der Waals surface area (Å²) in [5.74, 6) is 0. The molecule has 1 aromatic heterocycles. The first-order valence-electron chi connectivity index (χ1n) is 23.7. The Bertz CT molecular complexity index is 3470. The summed E-state index contributed by atoms with van der Waals surface area (Å²) < 4.78 is 2.38. The Morgan fingerprint density at radius 2 is 0.700 bits per heavy atom. The Labute approximate surface area is 410 Å². The van der Waals surface area contributed by atoms with Gasteiger partial charge in [0.25, 0.3) is 0 Å². The van der Waals surface area contributed by atoms with Crippen LogP contribution in [0.2, 0.25) is 0 Å². The fourth-order valence-electron chi connectivity index (χ4n) is 9.73. The van der Waals surface area contributed by atoms with Crippen LogP contribution in [0.5, 0.6) is 0 Å². The number of anilines is 8. The molecule has 10 aromatic carbocycles. The summed E-state index contributed by atoms with van der Waals surface area (Å²) in [5, 5.41) is 2.48. The third-order valence-corrected chi connectivity index (χ3v) is 12.9. The molecule has 0 N–H and O–H groups in total. The third kappa shape index (κ3) is 8.25. The van der Waals surface area contributed by atoms with Crippen LogP contribution in [-0.2, 0) is 0 Å². The minimum Gasteiger partial charge on any atom is -0.311 e. The summed E-state index contributed by atoms with van der Waals surface area (Å²) in [5.41, 5.74) is 17.0. The van der Waals surface area contributed by atoms with Crippen molar-refractivity contribution in [3.63, 3.8) is 0 Å². The predicted octanol–water partition coefficient (Wildman–Crippen LogP) is 18.5. The van der Waals surface area contributed by atoms with E-state index in [1.807, 2.05) is 24.3 Å². The fraction of sp³-hybridized carbons (Fsp3) is 0. The van der Waals surface area contributed by atoms with Gasteiger partial charge in [0.15, 0.2) is 0 Å². The number of aromatic nitrogens is 1. The highest BCUT2D eigenvalue weighted by Gasteiger charge is 2.25. The molecule has 4 nitrogen and oxygen atoms in total. The molecule has 0 aliphatic rings. The van der Waals surface area contributed by atoms with Crippen LogP contribution in [0.15, 0.2) is 298 Å². The van der Waals surface area contributed by atoms with Gasteiger partial charge in [-0.25, -0.2) is 0 Å². The highest BCUT2D eigenvalue weighted by atomic mass is 15.2. The quantitative estimate of drug-likeness (QED) is 0.101. The molecule has 0 bridgehead atoms. The molecule has 334 valence electrons. The molecule has 0 fully saturated rings. The van der Waals surface area contributed by atoms with Crippen LogP contribution in [0.25, 0.3) is 49.7 Å². The van der Waals surface area contributed by atoms with Gasteiger partial charge in [-0.1, -0.05) is 171 Å². The maximum atomic E-state index is 4.19. The van der Waals surface area contributed by atoms with Crippen LogP contribution in [0.4, 0.5) is 45.5 Å².